The third-order valence-electron chi connectivity index (χ3n) is 3.40. The molecule has 0 N–H and O–H groups in total. The van der Waals surface area contributed by atoms with Crippen molar-refractivity contribution in [2.45, 2.75) is 25.0 Å². The van der Waals surface area contributed by atoms with E-state index in [2.05, 4.69) is 6.07 Å². The number of nitrogens with zero attached hydrogens (tertiary/aromatic N) is 2. The molecule has 7 heteroatoms. The van der Waals surface area contributed by atoms with Crippen molar-refractivity contribution in [3.63, 3.8) is 0 Å². The van der Waals surface area contributed by atoms with Crippen molar-refractivity contribution in [1.29, 1.82) is 5.26 Å². The van der Waals surface area contributed by atoms with E-state index in [1.807, 2.05) is 6.92 Å². The van der Waals surface area contributed by atoms with E-state index in [1.165, 1.54) is 16.7 Å². The van der Waals surface area contributed by atoms with Gasteiger partial charge in [-0.3, -0.25) is 14.5 Å². The molecule has 120 valence electrons. The van der Waals surface area contributed by atoms with Gasteiger partial charge < -0.3 is 4.74 Å². The Kier molecular flexibility index (Phi) is 6.13. The Morgan fingerprint density at radius 2 is 1.96 bits per heavy atom. The minimum atomic E-state index is -0.279. The van der Waals surface area contributed by atoms with Crippen LogP contribution in [0, 0.1) is 11.3 Å². The molecule has 1 aromatic rings. The second-order valence-corrected chi connectivity index (χ2v) is 6.78. The first-order chi connectivity index (χ1) is 11.1. The zero-order valence-corrected chi connectivity index (χ0v) is 14.3. The molecule has 1 aromatic carbocycles. The fourth-order valence-electron chi connectivity index (χ4n) is 2.31. The number of ether oxygens (including phenoxy) is 1. The summed E-state index contributed by atoms with van der Waals surface area (Å²) in [5, 5.41) is 8.81. The smallest absolute Gasteiger partial charge is 0.261 e. The van der Waals surface area contributed by atoms with Gasteiger partial charge >= 0.3 is 0 Å². The molecule has 1 heterocycles. The van der Waals surface area contributed by atoms with Gasteiger partial charge in [0.2, 0.25) is 4.38 Å². The maximum atomic E-state index is 12.3. The van der Waals surface area contributed by atoms with E-state index in [-0.39, 0.29) is 30.0 Å². The van der Waals surface area contributed by atoms with E-state index in [9.17, 15) is 9.59 Å². The number of carbonyl (C=O) groups excluding carboxylic acids is 2. The van der Waals surface area contributed by atoms with Gasteiger partial charge in [0.25, 0.3) is 11.8 Å². The third-order valence-corrected chi connectivity index (χ3v) is 4.85. The summed E-state index contributed by atoms with van der Waals surface area (Å²) in [6.07, 6.45) is 0.776. The van der Waals surface area contributed by atoms with Gasteiger partial charge in [-0.2, -0.15) is 5.26 Å². The van der Waals surface area contributed by atoms with E-state index < -0.39 is 0 Å². The lowest BCUT2D eigenvalue weighted by Gasteiger charge is -2.18. The van der Waals surface area contributed by atoms with E-state index >= 15 is 0 Å². The van der Waals surface area contributed by atoms with Crippen LogP contribution in [0.4, 0.5) is 0 Å². The number of hydrogen-bond donors (Lipinski definition) is 0. The van der Waals surface area contributed by atoms with Crippen LogP contribution >= 0.6 is 24.0 Å². The second kappa shape index (κ2) is 8.09. The molecule has 0 aliphatic carbocycles. The molecule has 0 radical (unpaired) electrons. The molecule has 0 fully saturated rings. The largest absolute Gasteiger partial charge is 0.479 e. The fraction of sp³-hybridized carbons (Fsp3) is 0.375. The molecule has 0 spiro atoms. The van der Waals surface area contributed by atoms with Gasteiger partial charge in [-0.05, 0) is 37.7 Å². The summed E-state index contributed by atoms with van der Waals surface area (Å²) < 4.78 is 5.61. The molecule has 2 rings (SSSR count). The highest BCUT2D eigenvalue weighted by Gasteiger charge is 2.35. The van der Waals surface area contributed by atoms with Crippen LogP contribution in [0.3, 0.4) is 0 Å². The van der Waals surface area contributed by atoms with Gasteiger partial charge in [0.1, 0.15) is 0 Å². The van der Waals surface area contributed by atoms with Gasteiger partial charge in [-0.1, -0.05) is 23.9 Å². The standard InChI is InChI=1S/C16H16N2O3S2/c1-2-21-16(22)23-11(7-9-17)8-10-18-14(19)12-5-3-4-6-13(12)15(18)20/h3-6,11H,2,7-8,10H2,1H3. The lowest BCUT2D eigenvalue weighted by molar-refractivity contribution is 0.0652. The Bertz CT molecular complexity index is 635. The zero-order chi connectivity index (χ0) is 16.8. The first-order valence-electron chi connectivity index (χ1n) is 7.24. The van der Waals surface area contributed by atoms with Crippen molar-refractivity contribution >= 4 is 40.2 Å². The number of benzene rings is 1. The lowest BCUT2D eigenvalue weighted by atomic mass is 10.1. The third kappa shape index (κ3) is 4.09. The first kappa shape index (κ1) is 17.4. The molecule has 0 bridgehead atoms. The molecule has 1 atom stereocenters. The molecule has 5 nitrogen and oxygen atoms in total. The van der Waals surface area contributed by atoms with Crippen LogP contribution in [0.25, 0.3) is 0 Å². The maximum absolute atomic E-state index is 12.3. The predicted molar refractivity (Wildman–Crippen MR) is 92.3 cm³/mol. The number of thiocarbonyl (C=S) groups is 1. The molecule has 1 aliphatic heterocycles. The minimum absolute atomic E-state index is 0.108. The number of hydrogen-bond acceptors (Lipinski definition) is 6. The summed E-state index contributed by atoms with van der Waals surface area (Å²) in [7, 11) is 0. The number of thioether (sulfide) groups is 1. The Balaban J connectivity index is 1.99. The van der Waals surface area contributed by atoms with Crippen LogP contribution < -0.4 is 0 Å². The summed E-state index contributed by atoms with van der Waals surface area (Å²) in [5.74, 6) is -0.558. The number of nitriles is 1. The number of fused-ring (bicyclic) bond motifs is 1. The average Bonchev–Trinajstić information content (AvgIpc) is 2.78. The quantitative estimate of drug-likeness (QED) is 0.581. The zero-order valence-electron chi connectivity index (χ0n) is 12.7. The Hall–Kier alpha value is -1.91. The summed E-state index contributed by atoms with van der Waals surface area (Å²) >= 11 is 6.38. The van der Waals surface area contributed by atoms with Gasteiger partial charge in [0.15, 0.2) is 0 Å². The molecule has 0 saturated heterocycles. The lowest BCUT2D eigenvalue weighted by Crippen LogP contribution is -2.32. The Morgan fingerprint density at radius 3 is 2.48 bits per heavy atom. The first-order valence-corrected chi connectivity index (χ1v) is 8.52. The van der Waals surface area contributed by atoms with Gasteiger partial charge in [0, 0.05) is 18.2 Å². The molecule has 1 unspecified atom stereocenters. The van der Waals surface area contributed by atoms with Crippen molar-refractivity contribution in [1.82, 2.24) is 4.90 Å². The van der Waals surface area contributed by atoms with Crippen molar-refractivity contribution in [2.75, 3.05) is 13.2 Å². The average molecular weight is 348 g/mol. The second-order valence-electron chi connectivity index (χ2n) is 4.88. The number of imide groups is 1. The topological polar surface area (TPSA) is 70.4 Å². The number of carbonyl (C=O) groups is 2. The Labute approximate surface area is 144 Å². The highest BCUT2D eigenvalue weighted by molar-refractivity contribution is 8.23. The van der Waals surface area contributed by atoms with Crippen LogP contribution in [0.1, 0.15) is 40.5 Å². The van der Waals surface area contributed by atoms with Crippen molar-refractivity contribution in [2.24, 2.45) is 0 Å². The highest BCUT2D eigenvalue weighted by atomic mass is 32.2. The summed E-state index contributed by atoms with van der Waals surface area (Å²) in [6.45, 7) is 2.58. The highest BCUT2D eigenvalue weighted by Crippen LogP contribution is 2.25. The van der Waals surface area contributed by atoms with Crippen LogP contribution in [-0.4, -0.2) is 39.5 Å². The monoisotopic (exact) mass is 348 g/mol. The van der Waals surface area contributed by atoms with Crippen molar-refractivity contribution < 1.29 is 14.3 Å². The van der Waals surface area contributed by atoms with E-state index in [0.29, 0.717) is 28.5 Å². The van der Waals surface area contributed by atoms with E-state index in [0.717, 1.165) is 0 Å². The number of amides is 2. The maximum Gasteiger partial charge on any atom is 0.261 e. The normalized spacial score (nSPS) is 14.3. The van der Waals surface area contributed by atoms with Crippen LogP contribution in [-0.2, 0) is 4.74 Å². The van der Waals surface area contributed by atoms with E-state index in [4.69, 9.17) is 22.2 Å². The van der Waals surface area contributed by atoms with Gasteiger partial charge in [-0.15, -0.1) is 0 Å². The van der Waals surface area contributed by atoms with Crippen LogP contribution in [0.2, 0.25) is 0 Å². The van der Waals surface area contributed by atoms with Gasteiger partial charge in [-0.25, -0.2) is 0 Å². The molecule has 0 saturated carbocycles. The van der Waals surface area contributed by atoms with Crippen molar-refractivity contribution in [3.8, 4) is 6.07 Å². The summed E-state index contributed by atoms with van der Waals surface area (Å²) in [6, 6.07) is 8.89. The predicted octanol–water partition coefficient (Wildman–Crippen LogP) is 3.01. The van der Waals surface area contributed by atoms with Crippen molar-refractivity contribution in [3.05, 3.63) is 35.4 Å². The molecule has 1 aliphatic rings. The Morgan fingerprint density at radius 1 is 1.35 bits per heavy atom. The molecular weight excluding hydrogens is 332 g/mol. The van der Waals surface area contributed by atoms with Crippen LogP contribution in [0.5, 0.6) is 0 Å². The molecule has 2 amide bonds. The minimum Gasteiger partial charge on any atom is -0.479 e. The fourth-order valence-corrected chi connectivity index (χ4v) is 3.67. The molecular formula is C16H16N2O3S2. The number of rotatable bonds is 6. The molecule has 23 heavy (non-hydrogen) atoms. The van der Waals surface area contributed by atoms with Crippen LogP contribution in [0.15, 0.2) is 24.3 Å². The summed E-state index contributed by atoms with van der Waals surface area (Å²) in [4.78, 5) is 25.8. The van der Waals surface area contributed by atoms with Gasteiger partial charge in [0.05, 0.1) is 23.8 Å². The summed E-state index contributed by atoms with van der Waals surface area (Å²) in [5.41, 5.74) is 0.874. The SMILES string of the molecule is CCOC(=S)SC(CC#N)CCN1C(=O)c2ccccc2C1=O. The molecule has 0 aromatic heterocycles. The van der Waals surface area contributed by atoms with E-state index in [1.54, 1.807) is 24.3 Å².